The molecule has 3 rings (SSSR count). The first-order chi connectivity index (χ1) is 12.0. The number of piperidine rings is 1. The van der Waals surface area contributed by atoms with E-state index < -0.39 is 0 Å². The Kier molecular flexibility index (Phi) is 6.33. The van der Waals surface area contributed by atoms with Crippen LogP contribution >= 0.6 is 22.6 Å². The van der Waals surface area contributed by atoms with Gasteiger partial charge in [0.25, 0.3) is 5.91 Å². The topological polar surface area (TPSA) is 43.9 Å². The smallest absolute Gasteiger partial charge is 0.253 e. The summed E-state index contributed by atoms with van der Waals surface area (Å²) < 4.78 is 1.07. The highest BCUT2D eigenvalue weighted by Crippen LogP contribution is 2.17. The molecule has 0 aliphatic carbocycles. The van der Waals surface area contributed by atoms with Crippen LogP contribution in [0.3, 0.4) is 0 Å². The Bertz CT molecular complexity index is 629. The monoisotopic (exact) mass is 455 g/mol. The number of rotatable bonds is 3. The van der Waals surface area contributed by atoms with Crippen LogP contribution < -0.4 is 0 Å². The number of carbonyl (C=O) groups is 2. The van der Waals surface area contributed by atoms with Crippen molar-refractivity contribution >= 4 is 34.4 Å². The second-order valence-electron chi connectivity index (χ2n) is 7.01. The summed E-state index contributed by atoms with van der Waals surface area (Å²) in [5.74, 6) is 0.332. The van der Waals surface area contributed by atoms with Gasteiger partial charge in [0.1, 0.15) is 0 Å². The molecule has 0 aromatic heterocycles. The summed E-state index contributed by atoms with van der Waals surface area (Å²) in [6, 6.07) is 8.07. The van der Waals surface area contributed by atoms with Gasteiger partial charge >= 0.3 is 0 Å². The third-order valence-corrected chi connectivity index (χ3v) is 5.88. The maximum Gasteiger partial charge on any atom is 0.253 e. The molecule has 0 saturated carbocycles. The molecular weight excluding hydrogens is 429 g/mol. The van der Waals surface area contributed by atoms with E-state index in [0.29, 0.717) is 25.7 Å². The van der Waals surface area contributed by atoms with Gasteiger partial charge in [-0.05, 0) is 67.0 Å². The second-order valence-corrected chi connectivity index (χ2v) is 8.26. The van der Waals surface area contributed by atoms with Gasteiger partial charge in [0.05, 0.1) is 6.54 Å². The first kappa shape index (κ1) is 18.6. The van der Waals surface area contributed by atoms with Gasteiger partial charge in [0.2, 0.25) is 5.91 Å². The lowest BCUT2D eigenvalue weighted by molar-refractivity contribution is -0.136. The molecule has 1 aromatic rings. The molecule has 1 aromatic carbocycles. The third kappa shape index (κ3) is 4.73. The van der Waals surface area contributed by atoms with E-state index in [1.807, 2.05) is 34.1 Å². The molecule has 5 nitrogen and oxygen atoms in total. The van der Waals surface area contributed by atoms with Gasteiger partial charge in [-0.1, -0.05) is 6.07 Å². The van der Waals surface area contributed by atoms with E-state index in [0.717, 1.165) is 41.6 Å². The van der Waals surface area contributed by atoms with E-state index in [-0.39, 0.29) is 11.8 Å². The molecule has 2 aliphatic heterocycles. The molecule has 0 N–H and O–H groups in total. The molecule has 25 heavy (non-hydrogen) atoms. The number of carbonyl (C=O) groups excluding carboxylic acids is 2. The van der Waals surface area contributed by atoms with Crippen molar-refractivity contribution in [2.75, 3.05) is 39.3 Å². The van der Waals surface area contributed by atoms with Crippen LogP contribution in [0.15, 0.2) is 24.3 Å². The summed E-state index contributed by atoms with van der Waals surface area (Å²) in [6.07, 6.45) is 3.46. The van der Waals surface area contributed by atoms with Crippen LogP contribution in [0.1, 0.15) is 36.5 Å². The zero-order valence-corrected chi connectivity index (χ0v) is 16.9. The standard InChI is InChI=1S/C19H26IN3O2/c1-15-5-2-3-8-23(15)18(24)14-21-9-11-22(12-10-21)19(25)16-6-4-7-17(20)13-16/h4,6-7,13,15H,2-3,5,8-12,14H2,1H3/t15-/m1/s1. The summed E-state index contributed by atoms with van der Waals surface area (Å²) in [4.78, 5) is 31.3. The lowest BCUT2D eigenvalue weighted by atomic mass is 10.0. The predicted molar refractivity (Wildman–Crippen MR) is 107 cm³/mol. The van der Waals surface area contributed by atoms with Crippen molar-refractivity contribution in [2.45, 2.75) is 32.2 Å². The zero-order valence-electron chi connectivity index (χ0n) is 14.8. The van der Waals surface area contributed by atoms with Gasteiger partial charge in [-0.2, -0.15) is 0 Å². The van der Waals surface area contributed by atoms with E-state index in [4.69, 9.17) is 0 Å². The van der Waals surface area contributed by atoms with E-state index in [9.17, 15) is 9.59 Å². The molecule has 1 atom stereocenters. The predicted octanol–water partition coefficient (Wildman–Crippen LogP) is 2.45. The third-order valence-electron chi connectivity index (χ3n) is 5.21. The van der Waals surface area contributed by atoms with Crippen molar-refractivity contribution in [3.8, 4) is 0 Å². The van der Waals surface area contributed by atoms with Crippen molar-refractivity contribution in [2.24, 2.45) is 0 Å². The molecule has 2 heterocycles. The van der Waals surface area contributed by atoms with Crippen LogP contribution in [0.5, 0.6) is 0 Å². The van der Waals surface area contributed by atoms with Crippen molar-refractivity contribution in [3.63, 3.8) is 0 Å². The molecule has 2 aliphatic rings. The molecule has 6 heteroatoms. The number of likely N-dealkylation sites (tertiary alicyclic amines) is 1. The van der Waals surface area contributed by atoms with E-state index >= 15 is 0 Å². The SMILES string of the molecule is C[C@@H]1CCCCN1C(=O)CN1CCN(C(=O)c2cccc(I)c2)CC1. The Balaban J connectivity index is 1.50. The summed E-state index contributed by atoms with van der Waals surface area (Å²) >= 11 is 2.23. The quantitative estimate of drug-likeness (QED) is 0.658. The van der Waals surface area contributed by atoms with Gasteiger partial charge in [-0.25, -0.2) is 0 Å². The van der Waals surface area contributed by atoms with E-state index in [1.54, 1.807) is 0 Å². The number of piperazine rings is 1. The second kappa shape index (κ2) is 8.49. The van der Waals surface area contributed by atoms with Gasteiger partial charge < -0.3 is 9.80 Å². The number of benzene rings is 1. The van der Waals surface area contributed by atoms with Crippen molar-refractivity contribution in [3.05, 3.63) is 33.4 Å². The fourth-order valence-electron chi connectivity index (χ4n) is 3.66. The molecule has 136 valence electrons. The largest absolute Gasteiger partial charge is 0.339 e. The normalized spacial score (nSPS) is 22.1. The number of halogens is 1. The highest BCUT2D eigenvalue weighted by atomic mass is 127. The molecule has 2 saturated heterocycles. The first-order valence-electron chi connectivity index (χ1n) is 9.11. The summed E-state index contributed by atoms with van der Waals surface area (Å²) in [7, 11) is 0. The van der Waals surface area contributed by atoms with Crippen molar-refractivity contribution < 1.29 is 9.59 Å². The first-order valence-corrected chi connectivity index (χ1v) is 10.2. The van der Waals surface area contributed by atoms with Crippen LogP contribution in [0.25, 0.3) is 0 Å². The minimum absolute atomic E-state index is 0.0918. The fraction of sp³-hybridized carbons (Fsp3) is 0.579. The number of nitrogens with zero attached hydrogens (tertiary/aromatic N) is 3. The molecular formula is C19H26IN3O2. The highest BCUT2D eigenvalue weighted by Gasteiger charge is 2.27. The maximum atomic E-state index is 12.6. The minimum Gasteiger partial charge on any atom is -0.339 e. The number of amides is 2. The minimum atomic E-state index is 0.0918. The Labute approximate surface area is 163 Å². The van der Waals surface area contributed by atoms with Crippen LogP contribution in [0, 0.1) is 3.57 Å². The van der Waals surface area contributed by atoms with Crippen LogP contribution in [0.2, 0.25) is 0 Å². The molecule has 2 fully saturated rings. The van der Waals surface area contributed by atoms with Gasteiger partial charge in [0, 0.05) is 47.9 Å². The van der Waals surface area contributed by atoms with E-state index in [2.05, 4.69) is 34.4 Å². The summed E-state index contributed by atoms with van der Waals surface area (Å²) in [6.45, 7) is 6.43. The lowest BCUT2D eigenvalue weighted by Crippen LogP contribution is -2.53. The Hall–Kier alpha value is -1.15. The average Bonchev–Trinajstić information content (AvgIpc) is 2.62. The van der Waals surface area contributed by atoms with Gasteiger partial charge in [0.15, 0.2) is 0 Å². The van der Waals surface area contributed by atoms with Crippen LogP contribution in [-0.4, -0.2) is 71.8 Å². The summed E-state index contributed by atoms with van der Waals surface area (Å²) in [5.41, 5.74) is 0.749. The zero-order chi connectivity index (χ0) is 17.8. The Morgan fingerprint density at radius 1 is 1.12 bits per heavy atom. The van der Waals surface area contributed by atoms with Crippen molar-refractivity contribution in [1.29, 1.82) is 0 Å². The molecule has 2 amide bonds. The average molecular weight is 455 g/mol. The van der Waals surface area contributed by atoms with Gasteiger partial charge in [-0.3, -0.25) is 14.5 Å². The van der Waals surface area contributed by atoms with Crippen LogP contribution in [0.4, 0.5) is 0 Å². The van der Waals surface area contributed by atoms with Gasteiger partial charge in [-0.15, -0.1) is 0 Å². The lowest BCUT2D eigenvalue weighted by Gasteiger charge is -2.38. The highest BCUT2D eigenvalue weighted by molar-refractivity contribution is 14.1. The molecule has 0 unspecified atom stereocenters. The number of hydrogen-bond acceptors (Lipinski definition) is 3. The fourth-order valence-corrected chi connectivity index (χ4v) is 4.21. The maximum absolute atomic E-state index is 12.6. The van der Waals surface area contributed by atoms with Crippen molar-refractivity contribution in [1.82, 2.24) is 14.7 Å². The van der Waals surface area contributed by atoms with E-state index in [1.165, 1.54) is 6.42 Å². The number of hydrogen-bond donors (Lipinski definition) is 0. The Morgan fingerprint density at radius 2 is 1.88 bits per heavy atom. The molecule has 0 bridgehead atoms. The Morgan fingerprint density at radius 3 is 2.56 bits per heavy atom. The summed E-state index contributed by atoms with van der Waals surface area (Å²) in [5, 5.41) is 0. The molecule has 0 spiro atoms. The van der Waals surface area contributed by atoms with Crippen LogP contribution in [-0.2, 0) is 4.79 Å². The molecule has 0 radical (unpaired) electrons.